The summed E-state index contributed by atoms with van der Waals surface area (Å²) in [6, 6.07) is 4.69. The number of amides is 3. The fourth-order valence-electron chi connectivity index (χ4n) is 1.85. The lowest BCUT2D eigenvalue weighted by Crippen LogP contribution is -2.41. The van der Waals surface area contributed by atoms with Gasteiger partial charge in [-0.2, -0.15) is 0 Å². The third kappa shape index (κ3) is 3.10. The van der Waals surface area contributed by atoms with E-state index in [1.54, 1.807) is 6.07 Å². The summed E-state index contributed by atoms with van der Waals surface area (Å²) >= 11 is 3.22. The molecule has 1 aromatic rings. The molecule has 1 aliphatic rings. The average molecular weight is 355 g/mol. The van der Waals surface area contributed by atoms with Crippen LogP contribution in [0.5, 0.6) is 0 Å². The smallest absolute Gasteiger partial charge is 0.325 e. The number of carbonyl (C=O) groups is 4. The third-order valence-electron chi connectivity index (χ3n) is 2.89. The predicted octanol–water partition coefficient (Wildman–Crippen LogP) is 0.334. The Morgan fingerprint density at radius 3 is 2.57 bits per heavy atom. The predicted molar refractivity (Wildman–Crippen MR) is 74.5 cm³/mol. The van der Waals surface area contributed by atoms with Gasteiger partial charge in [-0.1, -0.05) is 15.9 Å². The Hall–Kier alpha value is -2.22. The fraction of sp³-hybridized carbons (Fsp3) is 0.231. The van der Waals surface area contributed by atoms with Gasteiger partial charge >= 0.3 is 5.97 Å². The lowest BCUT2D eigenvalue weighted by Gasteiger charge is -2.13. The van der Waals surface area contributed by atoms with Crippen molar-refractivity contribution < 1.29 is 23.9 Å². The minimum absolute atomic E-state index is 0.246. The first-order valence-corrected chi connectivity index (χ1v) is 6.72. The van der Waals surface area contributed by atoms with Crippen molar-refractivity contribution in [2.24, 2.45) is 0 Å². The summed E-state index contributed by atoms with van der Waals surface area (Å²) in [4.78, 5) is 47.6. The van der Waals surface area contributed by atoms with Crippen LogP contribution in [0.15, 0.2) is 22.7 Å². The minimum Gasteiger partial charge on any atom is -0.468 e. The van der Waals surface area contributed by atoms with E-state index in [1.165, 1.54) is 19.2 Å². The molecule has 0 aromatic heterocycles. The topological polar surface area (TPSA) is 92.8 Å². The van der Waals surface area contributed by atoms with Crippen molar-refractivity contribution in [3.8, 4) is 0 Å². The first kappa shape index (κ1) is 15.2. The van der Waals surface area contributed by atoms with Crippen molar-refractivity contribution in [3.63, 3.8) is 0 Å². The summed E-state index contributed by atoms with van der Waals surface area (Å²) in [7, 11) is 1.19. The van der Waals surface area contributed by atoms with Crippen molar-refractivity contribution in [1.29, 1.82) is 0 Å². The normalized spacial score (nSPS) is 13.1. The SMILES string of the molecule is COC(=O)CNC(=O)CN1C(=O)c2ccc(Br)cc2C1=O. The highest BCUT2D eigenvalue weighted by Crippen LogP contribution is 2.25. The van der Waals surface area contributed by atoms with Gasteiger partial charge in [-0.3, -0.25) is 24.1 Å². The largest absolute Gasteiger partial charge is 0.468 e. The maximum absolute atomic E-state index is 12.1. The van der Waals surface area contributed by atoms with Crippen molar-refractivity contribution >= 4 is 39.6 Å². The number of rotatable bonds is 4. The summed E-state index contributed by atoms with van der Waals surface area (Å²) in [5.74, 6) is -2.30. The second-order valence-corrected chi connectivity index (χ2v) is 5.15. The standard InChI is InChI=1S/C13H11BrN2O5/c1-21-11(18)5-15-10(17)6-16-12(19)8-3-2-7(14)4-9(8)13(16)20/h2-4H,5-6H2,1H3,(H,15,17). The van der Waals surface area contributed by atoms with E-state index in [1.807, 2.05) is 0 Å². The number of benzene rings is 1. The van der Waals surface area contributed by atoms with Crippen LogP contribution in [0.3, 0.4) is 0 Å². The van der Waals surface area contributed by atoms with E-state index >= 15 is 0 Å². The van der Waals surface area contributed by atoms with Crippen LogP contribution in [0.2, 0.25) is 0 Å². The second kappa shape index (κ2) is 6.04. The zero-order chi connectivity index (χ0) is 15.6. The minimum atomic E-state index is -0.617. The molecule has 8 heteroatoms. The highest BCUT2D eigenvalue weighted by Gasteiger charge is 2.36. The Morgan fingerprint density at radius 1 is 1.24 bits per heavy atom. The van der Waals surface area contributed by atoms with Gasteiger partial charge in [0.05, 0.1) is 18.2 Å². The van der Waals surface area contributed by atoms with E-state index in [2.05, 4.69) is 26.0 Å². The molecule has 3 amide bonds. The van der Waals surface area contributed by atoms with Crippen molar-refractivity contribution in [1.82, 2.24) is 10.2 Å². The molecule has 0 unspecified atom stereocenters. The number of esters is 1. The van der Waals surface area contributed by atoms with Gasteiger partial charge in [-0.25, -0.2) is 0 Å². The lowest BCUT2D eigenvalue weighted by molar-refractivity contribution is -0.141. The Bertz CT molecular complexity index is 643. The molecule has 0 saturated heterocycles. The Balaban J connectivity index is 2.06. The van der Waals surface area contributed by atoms with Gasteiger partial charge in [0, 0.05) is 4.47 Å². The van der Waals surface area contributed by atoms with Crippen molar-refractivity contribution in [2.45, 2.75) is 0 Å². The highest BCUT2D eigenvalue weighted by molar-refractivity contribution is 9.10. The first-order chi connectivity index (χ1) is 9.93. The van der Waals surface area contributed by atoms with E-state index in [0.717, 1.165) is 4.90 Å². The van der Waals surface area contributed by atoms with Crippen molar-refractivity contribution in [3.05, 3.63) is 33.8 Å². The maximum atomic E-state index is 12.1. The zero-order valence-electron chi connectivity index (χ0n) is 11.0. The number of ether oxygens (including phenoxy) is 1. The van der Waals surface area contributed by atoms with Crippen LogP contribution in [0.25, 0.3) is 0 Å². The first-order valence-electron chi connectivity index (χ1n) is 5.93. The quantitative estimate of drug-likeness (QED) is 0.621. The molecule has 0 atom stereocenters. The van der Waals surface area contributed by atoms with Gasteiger partial charge in [-0.05, 0) is 18.2 Å². The molecule has 0 radical (unpaired) electrons. The molecular weight excluding hydrogens is 344 g/mol. The molecule has 21 heavy (non-hydrogen) atoms. The summed E-state index contributed by atoms with van der Waals surface area (Å²) in [5.41, 5.74) is 0.499. The number of fused-ring (bicyclic) bond motifs is 1. The number of hydrogen-bond acceptors (Lipinski definition) is 5. The molecule has 1 aliphatic heterocycles. The van der Waals surface area contributed by atoms with Crippen LogP contribution < -0.4 is 5.32 Å². The summed E-state index contributed by atoms with van der Waals surface area (Å²) in [6.45, 7) is -0.759. The molecule has 1 aromatic carbocycles. The number of halogens is 1. The van der Waals surface area contributed by atoms with Gasteiger partial charge in [0.2, 0.25) is 5.91 Å². The molecule has 0 aliphatic carbocycles. The number of nitrogens with zero attached hydrogens (tertiary/aromatic N) is 1. The van der Waals surface area contributed by atoms with E-state index in [-0.39, 0.29) is 17.7 Å². The van der Waals surface area contributed by atoms with Crippen LogP contribution in [-0.2, 0) is 14.3 Å². The summed E-state index contributed by atoms with van der Waals surface area (Å²) in [6.07, 6.45) is 0. The van der Waals surface area contributed by atoms with Crippen molar-refractivity contribution in [2.75, 3.05) is 20.2 Å². The highest BCUT2D eigenvalue weighted by atomic mass is 79.9. The molecule has 2 rings (SSSR count). The average Bonchev–Trinajstić information content (AvgIpc) is 2.69. The zero-order valence-corrected chi connectivity index (χ0v) is 12.6. The number of carbonyl (C=O) groups excluding carboxylic acids is 4. The van der Waals surface area contributed by atoms with Gasteiger partial charge in [0.15, 0.2) is 0 Å². The monoisotopic (exact) mass is 354 g/mol. The van der Waals surface area contributed by atoms with Gasteiger partial charge in [0.1, 0.15) is 13.1 Å². The molecular formula is C13H11BrN2O5. The summed E-state index contributed by atoms with van der Waals surface area (Å²) < 4.78 is 5.04. The van der Waals surface area contributed by atoms with E-state index in [9.17, 15) is 19.2 Å². The molecule has 0 fully saturated rings. The summed E-state index contributed by atoms with van der Waals surface area (Å²) in [5, 5.41) is 2.27. The molecule has 0 saturated carbocycles. The third-order valence-corrected chi connectivity index (χ3v) is 3.39. The molecule has 1 heterocycles. The fourth-order valence-corrected chi connectivity index (χ4v) is 2.21. The second-order valence-electron chi connectivity index (χ2n) is 4.24. The van der Waals surface area contributed by atoms with E-state index in [4.69, 9.17) is 0 Å². The van der Waals surface area contributed by atoms with E-state index < -0.39 is 30.2 Å². The molecule has 0 bridgehead atoms. The number of imide groups is 1. The lowest BCUT2D eigenvalue weighted by atomic mass is 10.1. The maximum Gasteiger partial charge on any atom is 0.325 e. The van der Waals surface area contributed by atoms with Gasteiger partial charge in [0.25, 0.3) is 11.8 Å². The molecule has 7 nitrogen and oxygen atoms in total. The number of nitrogens with one attached hydrogen (secondary N) is 1. The van der Waals surface area contributed by atoms with Crippen LogP contribution in [0.4, 0.5) is 0 Å². The number of hydrogen-bond donors (Lipinski definition) is 1. The molecule has 1 N–H and O–H groups in total. The van der Waals surface area contributed by atoms with Gasteiger partial charge in [-0.15, -0.1) is 0 Å². The Kier molecular flexibility index (Phi) is 4.37. The van der Waals surface area contributed by atoms with Crippen LogP contribution in [-0.4, -0.2) is 48.8 Å². The van der Waals surface area contributed by atoms with Gasteiger partial charge < -0.3 is 10.1 Å². The molecule has 110 valence electrons. The van der Waals surface area contributed by atoms with Crippen LogP contribution >= 0.6 is 15.9 Å². The Labute approximate surface area is 128 Å². The van der Waals surface area contributed by atoms with E-state index in [0.29, 0.717) is 4.47 Å². The van der Waals surface area contributed by atoms with Crippen LogP contribution in [0, 0.1) is 0 Å². The van der Waals surface area contributed by atoms with Crippen LogP contribution in [0.1, 0.15) is 20.7 Å². The molecule has 0 spiro atoms. The number of methoxy groups -OCH3 is 1. The Morgan fingerprint density at radius 2 is 1.90 bits per heavy atom.